The van der Waals surface area contributed by atoms with E-state index in [4.69, 9.17) is 0 Å². The molecule has 0 aromatic rings. The van der Waals surface area contributed by atoms with Gasteiger partial charge in [0.05, 0.1) is 6.10 Å². The summed E-state index contributed by atoms with van der Waals surface area (Å²) in [4.78, 5) is 9.90. The first-order chi connectivity index (χ1) is 5.45. The van der Waals surface area contributed by atoms with E-state index in [1.54, 1.807) is 6.08 Å². The Morgan fingerprint density at radius 2 is 2.00 bits per heavy atom. The van der Waals surface area contributed by atoms with E-state index in [1.165, 1.54) is 6.08 Å². The van der Waals surface area contributed by atoms with Gasteiger partial charge >= 0.3 is 0 Å². The number of aliphatic hydroxyl groups is 1. The summed E-state index contributed by atoms with van der Waals surface area (Å²) in [5.74, 6) is 0. The van der Waals surface area contributed by atoms with Gasteiger partial charge in [0.15, 0.2) is 0 Å². The third-order valence-corrected chi connectivity index (χ3v) is 1.47. The second-order valence-corrected chi connectivity index (χ2v) is 4.22. The van der Waals surface area contributed by atoms with Crippen LogP contribution in [0.25, 0.3) is 0 Å². The van der Waals surface area contributed by atoms with Crippen molar-refractivity contribution < 1.29 is 9.90 Å². The number of carbonyl (C=O) groups excluding carboxylic acids is 1. The number of hydrogen-bond acceptors (Lipinski definition) is 2. The van der Waals surface area contributed by atoms with Crippen LogP contribution in [0.5, 0.6) is 0 Å². The molecule has 0 aromatic carbocycles. The van der Waals surface area contributed by atoms with Gasteiger partial charge in [-0.3, -0.25) is 4.79 Å². The van der Waals surface area contributed by atoms with Gasteiger partial charge in [0.25, 0.3) is 0 Å². The molecule has 12 heavy (non-hydrogen) atoms. The number of carbonyl (C=O) groups is 1. The molecule has 0 bridgehead atoms. The molecule has 0 saturated heterocycles. The zero-order valence-electron chi connectivity index (χ0n) is 8.08. The third kappa shape index (κ3) is 7.48. The number of rotatable bonds is 4. The molecule has 70 valence electrons. The van der Waals surface area contributed by atoms with Crippen molar-refractivity contribution in [1.82, 2.24) is 0 Å². The fourth-order valence-corrected chi connectivity index (χ4v) is 1.08. The second-order valence-electron chi connectivity index (χ2n) is 4.22. The maximum absolute atomic E-state index is 9.90. The second kappa shape index (κ2) is 5.09. The summed E-state index contributed by atoms with van der Waals surface area (Å²) in [5, 5.41) is 9.44. The Morgan fingerprint density at radius 3 is 2.42 bits per heavy atom. The minimum Gasteiger partial charge on any atom is -0.393 e. The molecule has 0 aliphatic carbocycles. The van der Waals surface area contributed by atoms with Crippen LogP contribution in [0.1, 0.15) is 33.6 Å². The highest BCUT2D eigenvalue weighted by Gasteiger charge is 2.15. The lowest BCUT2D eigenvalue weighted by molar-refractivity contribution is -0.104. The smallest absolute Gasteiger partial charge is 0.142 e. The molecule has 2 heteroatoms. The molecule has 1 unspecified atom stereocenters. The Balaban J connectivity index is 3.66. The number of aldehydes is 1. The molecule has 0 saturated carbocycles. The van der Waals surface area contributed by atoms with Gasteiger partial charge in [0.1, 0.15) is 6.29 Å². The average molecular weight is 170 g/mol. The van der Waals surface area contributed by atoms with E-state index in [-0.39, 0.29) is 11.5 Å². The summed E-state index contributed by atoms with van der Waals surface area (Å²) < 4.78 is 0. The average Bonchev–Trinajstić information content (AvgIpc) is 1.84. The Bertz CT molecular complexity index is 154. The van der Waals surface area contributed by atoms with Gasteiger partial charge in [0.2, 0.25) is 0 Å². The fourth-order valence-electron chi connectivity index (χ4n) is 1.08. The summed E-state index contributed by atoms with van der Waals surface area (Å²) in [7, 11) is 0. The van der Waals surface area contributed by atoms with Crippen molar-refractivity contribution in [3.05, 3.63) is 12.2 Å². The van der Waals surface area contributed by atoms with Crippen LogP contribution in [0.2, 0.25) is 0 Å². The lowest BCUT2D eigenvalue weighted by Gasteiger charge is -2.21. The van der Waals surface area contributed by atoms with E-state index in [2.05, 4.69) is 20.8 Å². The largest absolute Gasteiger partial charge is 0.393 e. The van der Waals surface area contributed by atoms with E-state index in [0.29, 0.717) is 6.42 Å². The van der Waals surface area contributed by atoms with Gasteiger partial charge in [-0.05, 0) is 24.3 Å². The van der Waals surface area contributed by atoms with Crippen LogP contribution < -0.4 is 0 Å². The van der Waals surface area contributed by atoms with Gasteiger partial charge in [-0.25, -0.2) is 0 Å². The van der Waals surface area contributed by atoms with Crippen molar-refractivity contribution >= 4 is 6.29 Å². The van der Waals surface area contributed by atoms with Crippen LogP contribution >= 0.6 is 0 Å². The van der Waals surface area contributed by atoms with Gasteiger partial charge in [-0.2, -0.15) is 0 Å². The maximum atomic E-state index is 9.90. The van der Waals surface area contributed by atoms with Crippen molar-refractivity contribution in [3.8, 4) is 0 Å². The van der Waals surface area contributed by atoms with E-state index in [1.807, 2.05) is 0 Å². The Labute approximate surface area is 74.3 Å². The molecular formula is C10H18O2. The topological polar surface area (TPSA) is 37.3 Å². The predicted octanol–water partition coefficient (Wildman–Crippen LogP) is 1.93. The van der Waals surface area contributed by atoms with Crippen LogP contribution in [0.4, 0.5) is 0 Å². The number of hydrogen-bond donors (Lipinski definition) is 1. The highest BCUT2D eigenvalue weighted by atomic mass is 16.3. The molecule has 0 radical (unpaired) electrons. The van der Waals surface area contributed by atoms with E-state index in [0.717, 1.165) is 12.7 Å². The molecular weight excluding hydrogens is 152 g/mol. The van der Waals surface area contributed by atoms with Gasteiger partial charge in [0, 0.05) is 0 Å². The molecule has 2 nitrogen and oxygen atoms in total. The van der Waals surface area contributed by atoms with Crippen molar-refractivity contribution in [2.75, 3.05) is 0 Å². The molecule has 0 aliphatic heterocycles. The molecule has 0 heterocycles. The summed E-state index contributed by atoms with van der Waals surface area (Å²) in [6.45, 7) is 6.25. The normalized spacial score (nSPS) is 15.0. The van der Waals surface area contributed by atoms with Gasteiger partial charge < -0.3 is 5.11 Å². The zero-order chi connectivity index (χ0) is 9.61. The first-order valence-corrected chi connectivity index (χ1v) is 4.24. The number of allylic oxidation sites excluding steroid dienone is 1. The fraction of sp³-hybridized carbons (Fsp3) is 0.700. The Kier molecular flexibility index (Phi) is 4.83. The lowest BCUT2D eigenvalue weighted by atomic mass is 9.88. The molecule has 0 fully saturated rings. The molecule has 0 aliphatic rings. The first kappa shape index (κ1) is 11.4. The third-order valence-electron chi connectivity index (χ3n) is 1.47. The van der Waals surface area contributed by atoms with Crippen LogP contribution in [-0.4, -0.2) is 17.5 Å². The standard InChI is InChI=1S/C10H18O2/c1-10(2,3)8-9(12)6-4-5-7-11/h4-5,7,9,12H,6,8H2,1-3H3/b5-4+. The summed E-state index contributed by atoms with van der Waals surface area (Å²) in [6.07, 6.45) is 4.84. The molecule has 0 aromatic heterocycles. The Morgan fingerprint density at radius 1 is 1.42 bits per heavy atom. The van der Waals surface area contributed by atoms with Crippen LogP contribution in [0, 0.1) is 5.41 Å². The van der Waals surface area contributed by atoms with E-state index < -0.39 is 0 Å². The highest BCUT2D eigenvalue weighted by molar-refractivity contribution is 5.64. The molecule has 1 N–H and O–H groups in total. The summed E-state index contributed by atoms with van der Waals surface area (Å²) >= 11 is 0. The molecule has 0 amide bonds. The lowest BCUT2D eigenvalue weighted by Crippen LogP contribution is -2.16. The van der Waals surface area contributed by atoms with Crippen molar-refractivity contribution in [2.45, 2.75) is 39.7 Å². The Hall–Kier alpha value is -0.630. The van der Waals surface area contributed by atoms with Crippen molar-refractivity contribution in [1.29, 1.82) is 0 Å². The zero-order valence-corrected chi connectivity index (χ0v) is 8.08. The quantitative estimate of drug-likeness (QED) is 0.517. The van der Waals surface area contributed by atoms with Crippen molar-refractivity contribution in [3.63, 3.8) is 0 Å². The molecule has 1 atom stereocenters. The maximum Gasteiger partial charge on any atom is 0.142 e. The molecule has 0 spiro atoms. The highest BCUT2D eigenvalue weighted by Crippen LogP contribution is 2.21. The van der Waals surface area contributed by atoms with Gasteiger partial charge in [-0.1, -0.05) is 26.8 Å². The molecule has 0 rings (SSSR count). The number of aliphatic hydroxyl groups excluding tert-OH is 1. The first-order valence-electron chi connectivity index (χ1n) is 4.24. The minimum atomic E-state index is -0.332. The van der Waals surface area contributed by atoms with Crippen LogP contribution in [0.15, 0.2) is 12.2 Å². The predicted molar refractivity (Wildman–Crippen MR) is 49.9 cm³/mol. The summed E-state index contributed by atoms with van der Waals surface area (Å²) in [5.41, 5.74) is 0.147. The van der Waals surface area contributed by atoms with Gasteiger partial charge in [-0.15, -0.1) is 0 Å². The minimum absolute atomic E-state index is 0.147. The van der Waals surface area contributed by atoms with Crippen LogP contribution in [0.3, 0.4) is 0 Å². The SMILES string of the molecule is CC(C)(C)CC(O)C/C=C/C=O. The van der Waals surface area contributed by atoms with E-state index >= 15 is 0 Å². The van der Waals surface area contributed by atoms with Crippen molar-refractivity contribution in [2.24, 2.45) is 5.41 Å². The van der Waals surface area contributed by atoms with E-state index in [9.17, 15) is 9.90 Å². The monoisotopic (exact) mass is 170 g/mol. The summed E-state index contributed by atoms with van der Waals surface area (Å²) in [6, 6.07) is 0. The van der Waals surface area contributed by atoms with Crippen LogP contribution in [-0.2, 0) is 4.79 Å².